The average Bonchev–Trinajstić information content (AvgIpc) is 2.72. The van der Waals surface area contributed by atoms with Gasteiger partial charge in [0.25, 0.3) is 0 Å². The normalized spacial score (nSPS) is 29.5. The van der Waals surface area contributed by atoms with Gasteiger partial charge < -0.3 is 14.6 Å². The number of phenols is 1. The summed E-state index contributed by atoms with van der Waals surface area (Å²) in [4.78, 5) is 13.5. The summed E-state index contributed by atoms with van der Waals surface area (Å²) in [6, 6.07) is 10.8. The Bertz CT molecular complexity index is 1100. The van der Waals surface area contributed by atoms with Gasteiger partial charge in [-0.1, -0.05) is 42.0 Å². The van der Waals surface area contributed by atoms with Gasteiger partial charge in [-0.2, -0.15) is 0 Å². The lowest BCUT2D eigenvalue weighted by Crippen LogP contribution is -2.55. The molecule has 0 aromatic heterocycles. The maximum Gasteiger partial charge on any atom is 0.200 e. The molecule has 4 nitrogen and oxygen atoms in total. The molecule has 3 aliphatic rings. The van der Waals surface area contributed by atoms with Crippen molar-refractivity contribution in [3.8, 4) is 17.2 Å². The number of rotatable bonds is 5. The molecule has 1 fully saturated rings. The number of hydrogen-bond donors (Lipinski definition) is 1. The molecule has 32 heavy (non-hydrogen) atoms. The molecular formula is C28H32O4. The highest BCUT2D eigenvalue weighted by Crippen LogP contribution is 2.62. The second-order valence-corrected chi connectivity index (χ2v) is 10.4. The Labute approximate surface area is 190 Å². The van der Waals surface area contributed by atoms with Crippen LogP contribution in [0.4, 0.5) is 0 Å². The highest BCUT2D eigenvalue weighted by Gasteiger charge is 2.56. The lowest BCUT2D eigenvalue weighted by Gasteiger charge is -2.56. The van der Waals surface area contributed by atoms with Gasteiger partial charge in [0, 0.05) is 29.0 Å². The first kappa shape index (κ1) is 21.1. The minimum atomic E-state index is -0.404. The zero-order valence-corrected chi connectivity index (χ0v) is 19.4. The molecule has 0 unspecified atom stereocenters. The van der Waals surface area contributed by atoms with Crippen molar-refractivity contribution >= 4 is 5.78 Å². The highest BCUT2D eigenvalue weighted by atomic mass is 16.5. The SMILES string of the molecule is CC(C)=CCC[C@@]1(C)Oc2c(C(=O)c3ccccc3)c(O)cc3c2[C@@H]2C[C@@](C)(CC[C@@H]21)O3. The number of ether oxygens (including phenoxy) is 2. The van der Waals surface area contributed by atoms with E-state index in [1.54, 1.807) is 18.2 Å². The second kappa shape index (κ2) is 7.40. The molecule has 2 bridgehead atoms. The maximum atomic E-state index is 13.5. The number of benzene rings is 2. The van der Waals surface area contributed by atoms with Crippen LogP contribution in [0.15, 0.2) is 48.0 Å². The number of phenolic OH excluding ortho intramolecular Hbond substituents is 1. The van der Waals surface area contributed by atoms with Gasteiger partial charge in [-0.3, -0.25) is 4.79 Å². The van der Waals surface area contributed by atoms with E-state index >= 15 is 0 Å². The summed E-state index contributed by atoms with van der Waals surface area (Å²) < 4.78 is 13.2. The van der Waals surface area contributed by atoms with E-state index in [-0.39, 0.29) is 28.6 Å². The Kier molecular flexibility index (Phi) is 4.88. The van der Waals surface area contributed by atoms with Gasteiger partial charge in [-0.25, -0.2) is 0 Å². The van der Waals surface area contributed by atoms with Gasteiger partial charge in [0.05, 0.1) is 0 Å². The smallest absolute Gasteiger partial charge is 0.200 e. The van der Waals surface area contributed by atoms with E-state index < -0.39 is 5.60 Å². The van der Waals surface area contributed by atoms with Crippen LogP contribution in [0.1, 0.15) is 87.2 Å². The quantitative estimate of drug-likeness (QED) is 0.430. The first-order valence-electron chi connectivity index (χ1n) is 11.7. The molecule has 2 aliphatic heterocycles. The van der Waals surface area contributed by atoms with Crippen molar-refractivity contribution in [3.63, 3.8) is 0 Å². The molecule has 0 spiro atoms. The van der Waals surface area contributed by atoms with E-state index in [4.69, 9.17) is 9.47 Å². The average molecular weight is 433 g/mol. The van der Waals surface area contributed by atoms with Gasteiger partial charge in [-0.05, 0) is 59.8 Å². The molecular weight excluding hydrogens is 400 g/mol. The molecule has 1 N–H and O–H groups in total. The predicted molar refractivity (Wildman–Crippen MR) is 125 cm³/mol. The van der Waals surface area contributed by atoms with Gasteiger partial charge in [0.2, 0.25) is 5.78 Å². The van der Waals surface area contributed by atoms with E-state index in [0.717, 1.165) is 37.7 Å². The van der Waals surface area contributed by atoms with E-state index in [0.29, 0.717) is 23.0 Å². The molecule has 0 radical (unpaired) electrons. The standard InChI is InChI=1S/C28H32O4/c1-17(2)9-8-13-28(4)20-12-14-27(3)16-19(20)23-22(31-27)15-21(29)24(26(23)32-28)25(30)18-10-6-5-7-11-18/h5-7,9-11,15,19-20,29H,8,12-14,16H2,1-4H3/t19-,20+,27-,28-/m1/s1. The molecule has 0 amide bonds. The number of aromatic hydroxyl groups is 1. The van der Waals surface area contributed by atoms with Crippen molar-refractivity contribution in [1.82, 2.24) is 0 Å². The van der Waals surface area contributed by atoms with Crippen molar-refractivity contribution < 1.29 is 19.4 Å². The van der Waals surface area contributed by atoms with E-state index in [1.807, 2.05) is 18.2 Å². The highest BCUT2D eigenvalue weighted by molar-refractivity contribution is 6.13. The molecule has 168 valence electrons. The molecule has 5 rings (SSSR count). The molecule has 4 heteroatoms. The number of hydrogen-bond acceptors (Lipinski definition) is 4. The third-order valence-corrected chi connectivity index (χ3v) is 7.69. The Balaban J connectivity index is 1.67. The van der Waals surface area contributed by atoms with Crippen LogP contribution in [0, 0.1) is 5.92 Å². The Hall–Kier alpha value is -2.75. The molecule has 2 heterocycles. The number of allylic oxidation sites excluding steroid dienone is 2. The minimum absolute atomic E-state index is 0.0683. The predicted octanol–water partition coefficient (Wildman–Crippen LogP) is 6.56. The molecule has 0 saturated heterocycles. The Morgan fingerprint density at radius 1 is 1.19 bits per heavy atom. The molecule has 1 aliphatic carbocycles. The molecule has 1 saturated carbocycles. The van der Waals surface area contributed by atoms with Crippen molar-refractivity contribution in [1.29, 1.82) is 0 Å². The summed E-state index contributed by atoms with van der Waals surface area (Å²) in [7, 11) is 0. The van der Waals surface area contributed by atoms with Crippen LogP contribution >= 0.6 is 0 Å². The fraction of sp³-hybridized carbons (Fsp3) is 0.464. The van der Waals surface area contributed by atoms with E-state index in [1.165, 1.54) is 5.57 Å². The summed E-state index contributed by atoms with van der Waals surface area (Å²) in [5.41, 5.74) is 2.44. The van der Waals surface area contributed by atoms with Crippen LogP contribution in [0.5, 0.6) is 17.2 Å². The zero-order valence-electron chi connectivity index (χ0n) is 19.4. The Morgan fingerprint density at radius 2 is 1.94 bits per heavy atom. The minimum Gasteiger partial charge on any atom is -0.507 e. The van der Waals surface area contributed by atoms with Crippen molar-refractivity contribution in [3.05, 3.63) is 64.7 Å². The summed E-state index contributed by atoms with van der Waals surface area (Å²) in [6.45, 7) is 8.59. The fourth-order valence-electron chi connectivity index (χ4n) is 6.09. The van der Waals surface area contributed by atoms with Crippen LogP contribution < -0.4 is 9.47 Å². The van der Waals surface area contributed by atoms with Gasteiger partial charge in [0.15, 0.2) is 0 Å². The third kappa shape index (κ3) is 3.32. The summed E-state index contributed by atoms with van der Waals surface area (Å²) in [6.07, 6.45) is 6.98. The van der Waals surface area contributed by atoms with E-state index in [2.05, 4.69) is 33.8 Å². The summed E-state index contributed by atoms with van der Waals surface area (Å²) in [5.74, 6) is 1.55. The summed E-state index contributed by atoms with van der Waals surface area (Å²) >= 11 is 0. The van der Waals surface area contributed by atoms with Crippen LogP contribution in [-0.2, 0) is 0 Å². The largest absolute Gasteiger partial charge is 0.507 e. The van der Waals surface area contributed by atoms with Gasteiger partial charge in [0.1, 0.15) is 34.0 Å². The number of carbonyl (C=O) groups is 1. The Morgan fingerprint density at radius 3 is 2.66 bits per heavy atom. The number of ketones is 1. The third-order valence-electron chi connectivity index (χ3n) is 7.69. The van der Waals surface area contributed by atoms with Gasteiger partial charge in [-0.15, -0.1) is 0 Å². The molecule has 2 aromatic rings. The number of fused-ring (bicyclic) bond motifs is 1. The molecule has 4 atom stereocenters. The van der Waals surface area contributed by atoms with Crippen molar-refractivity contribution in [2.24, 2.45) is 5.92 Å². The van der Waals surface area contributed by atoms with Crippen LogP contribution in [0.3, 0.4) is 0 Å². The van der Waals surface area contributed by atoms with Crippen molar-refractivity contribution in [2.45, 2.75) is 76.9 Å². The lowest BCUT2D eigenvalue weighted by molar-refractivity contribution is -0.0840. The second-order valence-electron chi connectivity index (χ2n) is 10.4. The molecule has 2 aromatic carbocycles. The lowest BCUT2D eigenvalue weighted by atomic mass is 9.60. The topological polar surface area (TPSA) is 55.8 Å². The van der Waals surface area contributed by atoms with Crippen molar-refractivity contribution in [2.75, 3.05) is 0 Å². The fourth-order valence-corrected chi connectivity index (χ4v) is 6.09. The number of carbonyl (C=O) groups excluding carboxylic acids is 1. The first-order valence-corrected chi connectivity index (χ1v) is 11.7. The van der Waals surface area contributed by atoms with Crippen LogP contribution in [0.2, 0.25) is 0 Å². The summed E-state index contributed by atoms with van der Waals surface area (Å²) in [5, 5.41) is 11.0. The van der Waals surface area contributed by atoms with E-state index in [9.17, 15) is 9.90 Å². The maximum absolute atomic E-state index is 13.5. The monoisotopic (exact) mass is 432 g/mol. The van der Waals surface area contributed by atoms with Crippen LogP contribution in [0.25, 0.3) is 0 Å². The zero-order chi connectivity index (χ0) is 22.7. The van der Waals surface area contributed by atoms with Crippen LogP contribution in [-0.4, -0.2) is 22.1 Å². The first-order chi connectivity index (χ1) is 15.2. The van der Waals surface area contributed by atoms with Gasteiger partial charge >= 0.3 is 0 Å².